The molecule has 2 aromatic rings. The average molecular weight is 258 g/mol. The van der Waals surface area contributed by atoms with Gasteiger partial charge in [0.2, 0.25) is 0 Å². The van der Waals surface area contributed by atoms with Crippen LogP contribution < -0.4 is 10.2 Å². The minimum atomic E-state index is 0.329. The number of hydrogen-bond acceptors (Lipinski definition) is 5. The van der Waals surface area contributed by atoms with Gasteiger partial charge in [0, 0.05) is 25.3 Å². The molecule has 0 amide bonds. The Labute approximate surface area is 112 Å². The predicted molar refractivity (Wildman–Crippen MR) is 72.8 cm³/mol. The number of aromatic nitrogens is 4. The summed E-state index contributed by atoms with van der Waals surface area (Å²) in [7, 11) is 1.97. The summed E-state index contributed by atoms with van der Waals surface area (Å²) < 4.78 is 2.09. The lowest BCUT2D eigenvalue weighted by atomic mass is 10.1. The zero-order chi connectivity index (χ0) is 13.2. The minimum Gasteiger partial charge on any atom is -0.347 e. The smallest absolute Gasteiger partial charge is 0.152 e. The first-order valence-corrected chi connectivity index (χ1v) is 6.53. The van der Waals surface area contributed by atoms with Crippen LogP contribution in [0.2, 0.25) is 0 Å². The van der Waals surface area contributed by atoms with E-state index < -0.39 is 0 Å². The number of rotatable bonds is 3. The van der Waals surface area contributed by atoms with Gasteiger partial charge < -0.3 is 14.8 Å². The summed E-state index contributed by atoms with van der Waals surface area (Å²) >= 11 is 0. The maximum atomic E-state index is 4.48. The largest absolute Gasteiger partial charge is 0.347 e. The van der Waals surface area contributed by atoms with Gasteiger partial charge in [-0.15, -0.1) is 10.2 Å². The third-order valence-electron chi connectivity index (χ3n) is 3.67. The highest BCUT2D eigenvalue weighted by Gasteiger charge is 2.19. The lowest BCUT2D eigenvalue weighted by Gasteiger charge is -2.28. The highest BCUT2D eigenvalue weighted by molar-refractivity contribution is 5.42. The van der Waals surface area contributed by atoms with Crippen LogP contribution in [-0.2, 0) is 13.1 Å². The average Bonchev–Trinajstić information content (AvgIpc) is 2.94. The number of fused-ring (bicyclic) bond motifs is 1. The van der Waals surface area contributed by atoms with Gasteiger partial charge in [-0.2, -0.15) is 0 Å². The fourth-order valence-electron chi connectivity index (χ4n) is 2.30. The maximum absolute atomic E-state index is 4.48. The highest BCUT2D eigenvalue weighted by atomic mass is 15.3. The molecule has 0 bridgehead atoms. The second-order valence-electron chi connectivity index (χ2n) is 4.82. The summed E-state index contributed by atoms with van der Waals surface area (Å²) in [6.45, 7) is 4.77. The van der Waals surface area contributed by atoms with Crippen molar-refractivity contribution in [1.82, 2.24) is 25.1 Å². The summed E-state index contributed by atoms with van der Waals surface area (Å²) in [4.78, 5) is 6.72. The maximum Gasteiger partial charge on any atom is 0.152 e. The molecule has 0 fully saturated rings. The SMILES string of the molecule is CNC(C)c1ccnc(N2CCn3cnnc3C2)c1. The molecule has 0 saturated carbocycles. The van der Waals surface area contributed by atoms with Crippen molar-refractivity contribution < 1.29 is 0 Å². The van der Waals surface area contributed by atoms with Crippen LogP contribution in [0.3, 0.4) is 0 Å². The molecule has 6 nitrogen and oxygen atoms in total. The van der Waals surface area contributed by atoms with Gasteiger partial charge >= 0.3 is 0 Å². The minimum absolute atomic E-state index is 0.329. The fourth-order valence-corrected chi connectivity index (χ4v) is 2.30. The van der Waals surface area contributed by atoms with E-state index in [1.54, 1.807) is 6.33 Å². The molecular weight excluding hydrogens is 240 g/mol. The first-order chi connectivity index (χ1) is 9.28. The van der Waals surface area contributed by atoms with E-state index >= 15 is 0 Å². The zero-order valence-corrected chi connectivity index (χ0v) is 11.2. The first-order valence-electron chi connectivity index (χ1n) is 6.53. The van der Waals surface area contributed by atoms with E-state index in [4.69, 9.17) is 0 Å². The van der Waals surface area contributed by atoms with Crippen molar-refractivity contribution in [2.75, 3.05) is 18.5 Å². The Kier molecular flexibility index (Phi) is 3.16. The molecule has 0 aliphatic carbocycles. The van der Waals surface area contributed by atoms with Crippen molar-refractivity contribution in [1.29, 1.82) is 0 Å². The van der Waals surface area contributed by atoms with Crippen molar-refractivity contribution in [3.63, 3.8) is 0 Å². The van der Waals surface area contributed by atoms with Gasteiger partial charge in [0.05, 0.1) is 6.54 Å². The molecule has 6 heteroatoms. The molecule has 0 radical (unpaired) electrons. The second-order valence-corrected chi connectivity index (χ2v) is 4.82. The zero-order valence-electron chi connectivity index (χ0n) is 11.2. The van der Waals surface area contributed by atoms with Crippen molar-refractivity contribution in [2.45, 2.75) is 26.1 Å². The fraction of sp³-hybridized carbons (Fsp3) is 0.462. The third kappa shape index (κ3) is 2.31. The van der Waals surface area contributed by atoms with E-state index in [9.17, 15) is 0 Å². The molecule has 3 rings (SSSR count). The van der Waals surface area contributed by atoms with Crippen LogP contribution in [-0.4, -0.2) is 33.3 Å². The van der Waals surface area contributed by atoms with Gasteiger partial charge in [-0.3, -0.25) is 0 Å². The molecule has 1 unspecified atom stereocenters. The standard InChI is InChI=1S/C13H18N6/c1-10(14-2)11-3-4-15-12(7-11)18-5-6-19-9-16-17-13(19)8-18/h3-4,7,9-10,14H,5-6,8H2,1-2H3. The normalized spacial score (nSPS) is 16.2. The Morgan fingerprint density at radius 2 is 2.26 bits per heavy atom. The summed E-state index contributed by atoms with van der Waals surface area (Å²) in [5.41, 5.74) is 1.25. The van der Waals surface area contributed by atoms with Crippen molar-refractivity contribution in [2.24, 2.45) is 0 Å². The quantitative estimate of drug-likeness (QED) is 0.889. The molecule has 1 atom stereocenters. The lowest BCUT2D eigenvalue weighted by molar-refractivity contribution is 0.555. The Morgan fingerprint density at radius 3 is 3.11 bits per heavy atom. The number of hydrogen-bond donors (Lipinski definition) is 1. The number of pyridine rings is 1. The monoisotopic (exact) mass is 258 g/mol. The molecule has 1 aliphatic heterocycles. The van der Waals surface area contributed by atoms with Gasteiger partial charge in [-0.05, 0) is 31.7 Å². The summed E-state index contributed by atoms with van der Waals surface area (Å²) in [6, 6.07) is 4.53. The number of nitrogens with zero attached hydrogens (tertiary/aromatic N) is 5. The third-order valence-corrected chi connectivity index (χ3v) is 3.67. The van der Waals surface area contributed by atoms with Crippen molar-refractivity contribution in [3.05, 3.63) is 36.0 Å². The molecule has 2 aromatic heterocycles. The van der Waals surface area contributed by atoms with Gasteiger partial charge in [0.25, 0.3) is 0 Å². The van der Waals surface area contributed by atoms with Crippen LogP contribution in [0.4, 0.5) is 5.82 Å². The summed E-state index contributed by atoms with van der Waals surface area (Å²) in [5.74, 6) is 2.01. The molecule has 0 aromatic carbocycles. The molecule has 3 heterocycles. The van der Waals surface area contributed by atoms with Crippen LogP contribution in [0, 0.1) is 0 Å². The van der Waals surface area contributed by atoms with E-state index in [1.807, 2.05) is 13.2 Å². The van der Waals surface area contributed by atoms with Crippen LogP contribution in [0.15, 0.2) is 24.7 Å². The summed E-state index contributed by atoms with van der Waals surface area (Å²) in [5, 5.41) is 11.3. The van der Waals surface area contributed by atoms with Crippen molar-refractivity contribution >= 4 is 5.82 Å². The molecule has 0 spiro atoms. The molecule has 1 N–H and O–H groups in total. The number of anilines is 1. The lowest BCUT2D eigenvalue weighted by Crippen LogP contribution is -2.34. The topological polar surface area (TPSA) is 58.9 Å². The van der Waals surface area contributed by atoms with Crippen LogP contribution in [0.1, 0.15) is 24.4 Å². The molecule has 0 saturated heterocycles. The Morgan fingerprint density at radius 1 is 1.37 bits per heavy atom. The molecular formula is C13H18N6. The summed E-state index contributed by atoms with van der Waals surface area (Å²) in [6.07, 6.45) is 3.66. The first kappa shape index (κ1) is 12.1. The van der Waals surface area contributed by atoms with E-state index in [2.05, 4.69) is 49.0 Å². The Hall–Kier alpha value is -1.95. The van der Waals surface area contributed by atoms with Crippen LogP contribution in [0.25, 0.3) is 0 Å². The van der Waals surface area contributed by atoms with E-state index in [0.29, 0.717) is 6.04 Å². The van der Waals surface area contributed by atoms with Gasteiger partial charge in [-0.25, -0.2) is 4.98 Å². The van der Waals surface area contributed by atoms with E-state index in [0.717, 1.165) is 31.3 Å². The predicted octanol–water partition coefficient (Wildman–Crippen LogP) is 0.974. The van der Waals surface area contributed by atoms with Gasteiger partial charge in [-0.1, -0.05) is 0 Å². The van der Waals surface area contributed by atoms with Crippen LogP contribution >= 0.6 is 0 Å². The van der Waals surface area contributed by atoms with Gasteiger partial charge in [0.15, 0.2) is 5.82 Å². The molecule has 100 valence electrons. The van der Waals surface area contributed by atoms with Crippen molar-refractivity contribution in [3.8, 4) is 0 Å². The molecule has 19 heavy (non-hydrogen) atoms. The Bertz CT molecular complexity index is 564. The van der Waals surface area contributed by atoms with E-state index in [1.165, 1.54) is 5.56 Å². The van der Waals surface area contributed by atoms with E-state index in [-0.39, 0.29) is 0 Å². The Balaban J connectivity index is 1.83. The second kappa shape index (κ2) is 4.97. The highest BCUT2D eigenvalue weighted by Crippen LogP contribution is 2.21. The molecule has 1 aliphatic rings. The number of nitrogens with one attached hydrogen (secondary N) is 1. The van der Waals surface area contributed by atoms with Gasteiger partial charge in [0.1, 0.15) is 12.1 Å². The van der Waals surface area contributed by atoms with Crippen LogP contribution in [0.5, 0.6) is 0 Å².